The standard InChI is InChI=1S/C23H23N3O7S/c1-14-12-26(13-15(2)32-14)34(30,31)17-9-7-16(8-10-17)22(28)24-25-23(29)21-11-19(27)18-5-3-4-6-20(18)33-21/h3-11,14-15H,12-13H2,1-2H3,(H,24,28)(H,25,29). The Hall–Kier alpha value is -3.54. The van der Waals surface area contributed by atoms with E-state index in [-0.39, 0.29) is 52.5 Å². The molecule has 10 nitrogen and oxygen atoms in total. The molecule has 2 aromatic carbocycles. The van der Waals surface area contributed by atoms with Crippen molar-refractivity contribution in [2.24, 2.45) is 0 Å². The van der Waals surface area contributed by atoms with Crippen LogP contribution in [0.25, 0.3) is 11.0 Å². The molecule has 34 heavy (non-hydrogen) atoms. The molecule has 1 aliphatic rings. The first kappa shape index (κ1) is 23.6. The maximum Gasteiger partial charge on any atom is 0.305 e. The van der Waals surface area contributed by atoms with Gasteiger partial charge in [0.25, 0.3) is 5.91 Å². The third-order valence-corrected chi connectivity index (χ3v) is 7.13. The van der Waals surface area contributed by atoms with Crippen LogP contribution in [-0.4, -0.2) is 49.8 Å². The van der Waals surface area contributed by atoms with Gasteiger partial charge in [-0.15, -0.1) is 0 Å². The van der Waals surface area contributed by atoms with Gasteiger partial charge in [-0.25, -0.2) is 8.42 Å². The summed E-state index contributed by atoms with van der Waals surface area (Å²) in [5.74, 6) is -1.75. The predicted molar refractivity (Wildman–Crippen MR) is 123 cm³/mol. The molecule has 2 atom stereocenters. The molecule has 0 radical (unpaired) electrons. The monoisotopic (exact) mass is 485 g/mol. The third-order valence-electron chi connectivity index (χ3n) is 5.29. The fraction of sp³-hybridized carbons (Fsp3) is 0.261. The zero-order valence-electron chi connectivity index (χ0n) is 18.5. The molecule has 0 saturated carbocycles. The fourth-order valence-electron chi connectivity index (χ4n) is 3.72. The first-order valence-electron chi connectivity index (χ1n) is 10.5. The van der Waals surface area contributed by atoms with E-state index in [1.807, 2.05) is 13.8 Å². The number of nitrogens with zero attached hydrogens (tertiary/aromatic N) is 1. The summed E-state index contributed by atoms with van der Waals surface area (Å²) in [6, 6.07) is 12.9. The second-order valence-electron chi connectivity index (χ2n) is 7.98. The average molecular weight is 486 g/mol. The van der Waals surface area contributed by atoms with Crippen molar-refractivity contribution in [1.82, 2.24) is 15.2 Å². The van der Waals surface area contributed by atoms with Gasteiger partial charge in [0, 0.05) is 24.7 Å². The Morgan fingerprint density at radius 1 is 0.941 bits per heavy atom. The lowest BCUT2D eigenvalue weighted by Gasteiger charge is -2.34. The number of morpholine rings is 1. The number of ether oxygens (including phenoxy) is 1. The summed E-state index contributed by atoms with van der Waals surface area (Å²) in [6.07, 6.45) is -0.446. The van der Waals surface area contributed by atoms with Crippen LogP contribution in [0, 0.1) is 0 Å². The lowest BCUT2D eigenvalue weighted by molar-refractivity contribution is -0.0440. The molecule has 0 spiro atoms. The molecule has 0 bridgehead atoms. The predicted octanol–water partition coefficient (Wildman–Crippen LogP) is 1.67. The Labute approximate surface area is 195 Å². The summed E-state index contributed by atoms with van der Waals surface area (Å²) in [4.78, 5) is 36.9. The summed E-state index contributed by atoms with van der Waals surface area (Å²) in [6.45, 7) is 4.10. The molecule has 2 unspecified atom stereocenters. The normalized spacial score (nSPS) is 19.0. The van der Waals surface area contributed by atoms with Gasteiger partial charge in [0.15, 0.2) is 11.2 Å². The molecule has 2 heterocycles. The molecule has 0 aliphatic carbocycles. The maximum atomic E-state index is 12.9. The van der Waals surface area contributed by atoms with Crippen molar-refractivity contribution in [1.29, 1.82) is 0 Å². The Morgan fingerprint density at radius 3 is 2.24 bits per heavy atom. The average Bonchev–Trinajstić information content (AvgIpc) is 2.81. The summed E-state index contributed by atoms with van der Waals surface area (Å²) >= 11 is 0. The van der Waals surface area contributed by atoms with Gasteiger partial charge in [-0.3, -0.25) is 25.2 Å². The van der Waals surface area contributed by atoms with Crippen LogP contribution >= 0.6 is 0 Å². The van der Waals surface area contributed by atoms with Crippen LogP contribution < -0.4 is 16.3 Å². The number of rotatable bonds is 4. The van der Waals surface area contributed by atoms with E-state index >= 15 is 0 Å². The smallest absolute Gasteiger partial charge is 0.305 e. The van der Waals surface area contributed by atoms with Crippen molar-refractivity contribution >= 4 is 32.8 Å². The second-order valence-corrected chi connectivity index (χ2v) is 9.92. The molecular formula is C23H23N3O7S. The van der Waals surface area contributed by atoms with E-state index in [2.05, 4.69) is 10.9 Å². The number of carbonyl (C=O) groups excluding carboxylic acids is 2. The van der Waals surface area contributed by atoms with Crippen molar-refractivity contribution in [3.8, 4) is 0 Å². The van der Waals surface area contributed by atoms with Gasteiger partial charge < -0.3 is 9.15 Å². The van der Waals surface area contributed by atoms with E-state index in [0.717, 1.165) is 6.07 Å². The zero-order chi connectivity index (χ0) is 24.5. The first-order valence-corrected chi connectivity index (χ1v) is 12.0. The summed E-state index contributed by atoms with van der Waals surface area (Å²) in [5.41, 5.74) is 4.39. The molecule has 1 fully saturated rings. The van der Waals surface area contributed by atoms with Gasteiger partial charge in [-0.05, 0) is 50.2 Å². The minimum absolute atomic E-state index is 0.0484. The molecule has 1 aromatic heterocycles. The maximum absolute atomic E-state index is 12.9. The van der Waals surface area contributed by atoms with E-state index in [1.165, 1.54) is 28.6 Å². The number of para-hydroxylation sites is 1. The van der Waals surface area contributed by atoms with Gasteiger partial charge in [0.05, 0.1) is 22.5 Å². The van der Waals surface area contributed by atoms with Crippen molar-refractivity contribution < 1.29 is 27.2 Å². The summed E-state index contributed by atoms with van der Waals surface area (Å²) < 4.78 is 38.2. The van der Waals surface area contributed by atoms with Crippen molar-refractivity contribution in [2.75, 3.05) is 13.1 Å². The summed E-state index contributed by atoms with van der Waals surface area (Å²) in [7, 11) is -3.74. The lowest BCUT2D eigenvalue weighted by Crippen LogP contribution is -2.48. The number of nitrogens with one attached hydrogen (secondary N) is 2. The SMILES string of the molecule is CC1CN(S(=O)(=O)c2ccc(C(=O)NNC(=O)c3cc(=O)c4ccccc4o3)cc2)CC(C)O1. The van der Waals surface area contributed by atoms with E-state index in [0.29, 0.717) is 5.39 Å². The third kappa shape index (κ3) is 4.86. The number of hydrazine groups is 1. The molecule has 2 N–H and O–H groups in total. The highest BCUT2D eigenvalue weighted by atomic mass is 32.2. The Kier molecular flexibility index (Phi) is 6.51. The number of benzene rings is 2. The van der Waals surface area contributed by atoms with E-state index < -0.39 is 21.8 Å². The molecule has 4 rings (SSSR count). The minimum Gasteiger partial charge on any atom is -0.451 e. The minimum atomic E-state index is -3.74. The fourth-order valence-corrected chi connectivity index (χ4v) is 5.31. The zero-order valence-corrected chi connectivity index (χ0v) is 19.3. The number of hydrogen-bond donors (Lipinski definition) is 2. The van der Waals surface area contributed by atoms with Crippen molar-refractivity contribution in [3.63, 3.8) is 0 Å². The van der Waals surface area contributed by atoms with Gasteiger partial charge in [0.1, 0.15) is 5.58 Å². The van der Waals surface area contributed by atoms with Crippen LogP contribution in [0.3, 0.4) is 0 Å². The molecule has 1 saturated heterocycles. The van der Waals surface area contributed by atoms with Crippen LogP contribution in [-0.2, 0) is 14.8 Å². The van der Waals surface area contributed by atoms with Crippen LogP contribution in [0.5, 0.6) is 0 Å². The molecule has 178 valence electrons. The summed E-state index contributed by atoms with van der Waals surface area (Å²) in [5, 5.41) is 0.333. The van der Waals surface area contributed by atoms with E-state index in [1.54, 1.807) is 24.3 Å². The highest BCUT2D eigenvalue weighted by Crippen LogP contribution is 2.21. The quantitative estimate of drug-likeness (QED) is 0.537. The molecular weight excluding hydrogens is 462 g/mol. The van der Waals surface area contributed by atoms with Crippen LogP contribution in [0.1, 0.15) is 34.8 Å². The van der Waals surface area contributed by atoms with Gasteiger partial charge in [-0.1, -0.05) is 12.1 Å². The molecule has 3 aromatic rings. The highest BCUT2D eigenvalue weighted by Gasteiger charge is 2.32. The molecule has 1 aliphatic heterocycles. The lowest BCUT2D eigenvalue weighted by atomic mass is 10.2. The molecule has 2 amide bonds. The van der Waals surface area contributed by atoms with Crippen LogP contribution in [0.4, 0.5) is 0 Å². The Bertz CT molecular complexity index is 1390. The topological polar surface area (TPSA) is 135 Å². The number of fused-ring (bicyclic) bond motifs is 1. The van der Waals surface area contributed by atoms with Gasteiger partial charge >= 0.3 is 5.91 Å². The number of sulfonamides is 1. The van der Waals surface area contributed by atoms with Crippen molar-refractivity contribution in [3.05, 3.63) is 76.1 Å². The van der Waals surface area contributed by atoms with Gasteiger partial charge in [0.2, 0.25) is 10.0 Å². The van der Waals surface area contributed by atoms with Crippen LogP contribution in [0.2, 0.25) is 0 Å². The first-order chi connectivity index (χ1) is 16.1. The second kappa shape index (κ2) is 9.37. The van der Waals surface area contributed by atoms with Gasteiger partial charge in [-0.2, -0.15) is 4.31 Å². The van der Waals surface area contributed by atoms with E-state index in [9.17, 15) is 22.8 Å². The number of carbonyl (C=O) groups is 2. The largest absolute Gasteiger partial charge is 0.451 e. The Morgan fingerprint density at radius 2 is 1.56 bits per heavy atom. The Balaban J connectivity index is 1.42. The number of amides is 2. The van der Waals surface area contributed by atoms with E-state index in [4.69, 9.17) is 9.15 Å². The van der Waals surface area contributed by atoms with Crippen LogP contribution in [0.15, 0.2) is 68.7 Å². The number of hydrogen-bond acceptors (Lipinski definition) is 7. The van der Waals surface area contributed by atoms with Crippen molar-refractivity contribution in [2.45, 2.75) is 31.0 Å². The highest BCUT2D eigenvalue weighted by molar-refractivity contribution is 7.89. The molecule has 11 heteroatoms.